The van der Waals surface area contributed by atoms with Gasteiger partial charge in [-0.3, -0.25) is 4.79 Å². The van der Waals surface area contributed by atoms with Crippen molar-refractivity contribution < 1.29 is 17.9 Å². The zero-order valence-corrected chi connectivity index (χ0v) is 20.6. The monoisotopic (exact) mass is 484 g/mol. The van der Waals surface area contributed by atoms with Crippen LogP contribution >= 0.6 is 0 Å². The number of unbranched alkanes of at least 4 members (excludes halogenated alkanes) is 1. The number of amides is 1. The SMILES string of the molecule is CCCCc1ccc(NC(=O)CCc2nc3cc(S(=O)(=O)N4CCOCC4)ccc3n2C)cc1. The second-order valence-corrected chi connectivity index (χ2v) is 10.5. The zero-order valence-electron chi connectivity index (χ0n) is 19.8. The number of nitrogens with one attached hydrogen (secondary N) is 1. The summed E-state index contributed by atoms with van der Waals surface area (Å²) in [6.07, 6.45) is 4.10. The van der Waals surface area contributed by atoms with Crippen molar-refractivity contribution in [2.24, 2.45) is 7.05 Å². The van der Waals surface area contributed by atoms with E-state index in [1.165, 1.54) is 9.87 Å². The van der Waals surface area contributed by atoms with Crippen LogP contribution in [-0.4, -0.2) is 54.5 Å². The Morgan fingerprint density at radius 3 is 2.53 bits per heavy atom. The largest absolute Gasteiger partial charge is 0.379 e. The Kier molecular flexibility index (Phi) is 7.65. The molecule has 2 aromatic carbocycles. The van der Waals surface area contributed by atoms with Crippen molar-refractivity contribution in [3.8, 4) is 0 Å². The molecule has 0 saturated carbocycles. The molecule has 2 heterocycles. The van der Waals surface area contributed by atoms with Gasteiger partial charge in [0.25, 0.3) is 0 Å². The average Bonchev–Trinajstić information content (AvgIpc) is 3.17. The summed E-state index contributed by atoms with van der Waals surface area (Å²) in [6, 6.07) is 13.0. The minimum absolute atomic E-state index is 0.0797. The van der Waals surface area contributed by atoms with E-state index in [1.54, 1.807) is 18.2 Å². The van der Waals surface area contributed by atoms with E-state index >= 15 is 0 Å². The van der Waals surface area contributed by atoms with Gasteiger partial charge in [0.15, 0.2) is 0 Å². The highest BCUT2D eigenvalue weighted by atomic mass is 32.2. The number of aromatic nitrogens is 2. The molecule has 0 atom stereocenters. The Labute approximate surface area is 201 Å². The number of hydrogen-bond acceptors (Lipinski definition) is 5. The van der Waals surface area contributed by atoms with Crippen LogP contribution in [-0.2, 0) is 39.4 Å². The number of aryl methyl sites for hydroxylation is 3. The minimum Gasteiger partial charge on any atom is -0.379 e. The molecular formula is C25H32N4O4S. The van der Waals surface area contributed by atoms with Crippen LogP contribution in [0.5, 0.6) is 0 Å². The Hall–Kier alpha value is -2.75. The molecule has 8 nitrogen and oxygen atoms in total. The standard InChI is InChI=1S/C25H32N4O4S/c1-3-4-5-19-6-8-20(9-7-19)26-25(30)13-12-24-27-22-18-21(10-11-23(22)28(24)2)34(31,32)29-14-16-33-17-15-29/h6-11,18H,3-5,12-17H2,1-2H3,(H,26,30). The molecule has 1 amide bonds. The summed E-state index contributed by atoms with van der Waals surface area (Å²) in [4.78, 5) is 17.3. The summed E-state index contributed by atoms with van der Waals surface area (Å²) in [7, 11) is -1.70. The molecule has 1 fully saturated rings. The summed E-state index contributed by atoms with van der Waals surface area (Å²) >= 11 is 0. The molecule has 9 heteroatoms. The van der Waals surface area contributed by atoms with Crippen LogP contribution in [0.2, 0.25) is 0 Å². The Morgan fingerprint density at radius 2 is 1.82 bits per heavy atom. The predicted octanol–water partition coefficient (Wildman–Crippen LogP) is 3.51. The summed E-state index contributed by atoms with van der Waals surface area (Å²) in [5.41, 5.74) is 3.50. The van der Waals surface area contributed by atoms with Crippen molar-refractivity contribution in [1.82, 2.24) is 13.9 Å². The topological polar surface area (TPSA) is 93.5 Å². The van der Waals surface area contributed by atoms with Crippen LogP contribution in [0.4, 0.5) is 5.69 Å². The average molecular weight is 485 g/mol. The third-order valence-electron chi connectivity index (χ3n) is 6.19. The van der Waals surface area contributed by atoms with Gasteiger partial charge >= 0.3 is 0 Å². The lowest BCUT2D eigenvalue weighted by Crippen LogP contribution is -2.40. The van der Waals surface area contributed by atoms with Crippen LogP contribution in [0.1, 0.15) is 37.6 Å². The van der Waals surface area contributed by atoms with E-state index in [1.807, 2.05) is 23.7 Å². The first-order valence-electron chi connectivity index (χ1n) is 11.8. The minimum atomic E-state index is -3.59. The van der Waals surface area contributed by atoms with Crippen molar-refractivity contribution in [1.29, 1.82) is 0 Å². The second kappa shape index (κ2) is 10.7. The number of fused-ring (bicyclic) bond motifs is 1. The highest BCUT2D eigenvalue weighted by Gasteiger charge is 2.27. The van der Waals surface area contributed by atoms with Crippen molar-refractivity contribution in [3.05, 3.63) is 53.9 Å². The molecule has 1 saturated heterocycles. The number of ether oxygens (including phenoxy) is 1. The summed E-state index contributed by atoms with van der Waals surface area (Å²) in [6.45, 7) is 3.68. The molecule has 0 bridgehead atoms. The molecular weight excluding hydrogens is 452 g/mol. The second-order valence-electron chi connectivity index (χ2n) is 8.60. The highest BCUT2D eigenvalue weighted by Crippen LogP contribution is 2.23. The van der Waals surface area contributed by atoms with Crippen molar-refractivity contribution >= 4 is 32.7 Å². The van der Waals surface area contributed by atoms with Gasteiger partial charge in [-0.1, -0.05) is 25.5 Å². The number of rotatable bonds is 9. The maximum atomic E-state index is 13.0. The molecule has 34 heavy (non-hydrogen) atoms. The van der Waals surface area contributed by atoms with E-state index in [0.717, 1.165) is 36.3 Å². The van der Waals surface area contributed by atoms with Gasteiger partial charge in [-0.05, 0) is 48.7 Å². The van der Waals surface area contributed by atoms with Gasteiger partial charge in [0, 0.05) is 38.7 Å². The molecule has 3 aromatic rings. The van der Waals surface area contributed by atoms with Gasteiger partial charge in [0.05, 0.1) is 29.1 Å². The maximum absolute atomic E-state index is 13.0. The fourth-order valence-corrected chi connectivity index (χ4v) is 5.56. The van der Waals surface area contributed by atoms with E-state index in [2.05, 4.69) is 29.4 Å². The van der Waals surface area contributed by atoms with Crippen molar-refractivity contribution in [2.75, 3.05) is 31.6 Å². The molecule has 1 N–H and O–H groups in total. The number of anilines is 1. The third-order valence-corrected chi connectivity index (χ3v) is 8.08. The smallest absolute Gasteiger partial charge is 0.243 e. The van der Waals surface area contributed by atoms with Gasteiger partial charge in [-0.2, -0.15) is 4.31 Å². The predicted molar refractivity (Wildman–Crippen MR) is 132 cm³/mol. The molecule has 4 rings (SSSR count). The van der Waals surface area contributed by atoms with Gasteiger partial charge in [-0.25, -0.2) is 13.4 Å². The van der Waals surface area contributed by atoms with E-state index in [-0.39, 0.29) is 17.2 Å². The molecule has 1 aromatic heterocycles. The van der Waals surface area contributed by atoms with Crippen LogP contribution in [0, 0.1) is 0 Å². The lowest BCUT2D eigenvalue weighted by Gasteiger charge is -2.26. The number of benzene rings is 2. The van der Waals surface area contributed by atoms with Crippen LogP contribution in [0.3, 0.4) is 0 Å². The van der Waals surface area contributed by atoms with E-state index in [0.29, 0.717) is 38.2 Å². The summed E-state index contributed by atoms with van der Waals surface area (Å²) in [5, 5.41) is 2.94. The number of carbonyl (C=O) groups excluding carboxylic acids is 1. The number of sulfonamides is 1. The molecule has 1 aliphatic heterocycles. The van der Waals surface area contributed by atoms with E-state index in [4.69, 9.17) is 4.74 Å². The molecule has 1 aliphatic rings. The van der Waals surface area contributed by atoms with E-state index < -0.39 is 10.0 Å². The van der Waals surface area contributed by atoms with Gasteiger partial charge in [0.2, 0.25) is 15.9 Å². The number of morpholine rings is 1. The van der Waals surface area contributed by atoms with Gasteiger partial charge in [0.1, 0.15) is 5.82 Å². The fraction of sp³-hybridized carbons (Fsp3) is 0.440. The van der Waals surface area contributed by atoms with Gasteiger partial charge < -0.3 is 14.6 Å². The lowest BCUT2D eigenvalue weighted by atomic mass is 10.1. The first-order valence-corrected chi connectivity index (χ1v) is 13.2. The summed E-state index contributed by atoms with van der Waals surface area (Å²) < 4.78 is 34.6. The Morgan fingerprint density at radius 1 is 1.09 bits per heavy atom. The third kappa shape index (κ3) is 5.48. The van der Waals surface area contributed by atoms with Crippen LogP contribution < -0.4 is 5.32 Å². The lowest BCUT2D eigenvalue weighted by molar-refractivity contribution is -0.116. The number of imidazole rings is 1. The fourth-order valence-electron chi connectivity index (χ4n) is 4.13. The van der Waals surface area contributed by atoms with E-state index in [9.17, 15) is 13.2 Å². The first kappa shape index (κ1) is 24.4. The normalized spacial score (nSPS) is 15.0. The van der Waals surface area contributed by atoms with Crippen LogP contribution in [0.25, 0.3) is 11.0 Å². The Balaban J connectivity index is 1.41. The van der Waals surface area contributed by atoms with Gasteiger partial charge in [-0.15, -0.1) is 0 Å². The first-order chi connectivity index (χ1) is 16.4. The Bertz CT molecular complexity index is 1250. The molecule has 0 aliphatic carbocycles. The molecule has 182 valence electrons. The molecule has 0 spiro atoms. The number of hydrogen-bond donors (Lipinski definition) is 1. The molecule has 0 unspecified atom stereocenters. The summed E-state index contributed by atoms with van der Waals surface area (Å²) in [5.74, 6) is 0.657. The zero-order chi connectivity index (χ0) is 24.1. The van der Waals surface area contributed by atoms with Crippen molar-refractivity contribution in [2.45, 2.75) is 43.9 Å². The maximum Gasteiger partial charge on any atom is 0.243 e. The van der Waals surface area contributed by atoms with Crippen molar-refractivity contribution in [3.63, 3.8) is 0 Å². The molecule has 0 radical (unpaired) electrons. The highest BCUT2D eigenvalue weighted by molar-refractivity contribution is 7.89. The number of nitrogens with zero attached hydrogens (tertiary/aromatic N) is 3. The van der Waals surface area contributed by atoms with Crippen LogP contribution in [0.15, 0.2) is 47.4 Å². The quantitative estimate of drug-likeness (QED) is 0.502. The number of carbonyl (C=O) groups is 1.